The lowest BCUT2D eigenvalue weighted by atomic mass is 10.2. The summed E-state index contributed by atoms with van der Waals surface area (Å²) >= 11 is 12.7. The van der Waals surface area contributed by atoms with Crippen molar-refractivity contribution in [3.8, 4) is 0 Å². The predicted molar refractivity (Wildman–Crippen MR) is 134 cm³/mol. The zero-order valence-electron chi connectivity index (χ0n) is 19.9. The third-order valence-corrected chi connectivity index (χ3v) is 8.06. The molecule has 0 bridgehead atoms. The fourth-order valence-corrected chi connectivity index (χ4v) is 6.05. The van der Waals surface area contributed by atoms with Gasteiger partial charge in [-0.1, -0.05) is 0 Å². The maximum Gasteiger partial charge on any atom is 0.472 e. The van der Waals surface area contributed by atoms with Crippen molar-refractivity contribution in [2.75, 3.05) is 24.7 Å². The van der Waals surface area contributed by atoms with E-state index in [0.29, 0.717) is 0 Å². The van der Waals surface area contributed by atoms with Crippen LogP contribution in [0.4, 0.5) is 11.9 Å². The van der Waals surface area contributed by atoms with Crippen LogP contribution in [0.2, 0.25) is 0 Å². The van der Waals surface area contributed by atoms with E-state index in [1.54, 1.807) is 0 Å². The van der Waals surface area contributed by atoms with Gasteiger partial charge in [0.15, 0.2) is 23.6 Å². The van der Waals surface area contributed by atoms with Crippen molar-refractivity contribution in [1.82, 2.24) is 34.1 Å². The van der Waals surface area contributed by atoms with Gasteiger partial charge in [-0.25, -0.2) is 19.3 Å². The van der Waals surface area contributed by atoms with Gasteiger partial charge in [0.1, 0.15) is 41.5 Å². The second-order valence-electron chi connectivity index (χ2n) is 8.71. The van der Waals surface area contributed by atoms with E-state index in [-0.39, 0.29) is 23.1 Å². The van der Waals surface area contributed by atoms with Gasteiger partial charge < -0.3 is 36.0 Å². The second kappa shape index (κ2) is 10.9. The third-order valence-electron chi connectivity index (χ3n) is 6.14. The van der Waals surface area contributed by atoms with Crippen molar-refractivity contribution in [3.63, 3.8) is 0 Å². The summed E-state index contributed by atoms with van der Waals surface area (Å²) in [5.41, 5.74) is 9.49. The Bertz CT molecular complexity index is 1570. The highest BCUT2D eigenvalue weighted by Crippen LogP contribution is 2.50. The Balaban J connectivity index is 1.27. The molecule has 0 aliphatic carbocycles. The molecule has 2 saturated heterocycles. The van der Waals surface area contributed by atoms with E-state index in [1.807, 2.05) is 0 Å². The SMILES string of the molecule is Nc1ncn([C@@H]2O[C@H](CO)[C@H](OP(=O)(O)OC[C@H]3O[C@@H](n4cnc5c(=O)[nH]c(N)nc54)C(Cl)C3O)C2Cl)c(=O)n1. The van der Waals surface area contributed by atoms with E-state index in [2.05, 4.69) is 24.9 Å². The van der Waals surface area contributed by atoms with Gasteiger partial charge in [-0.15, -0.1) is 23.2 Å². The molecule has 4 unspecified atom stereocenters. The number of H-pyrrole nitrogens is 1. The van der Waals surface area contributed by atoms with Crippen molar-refractivity contribution in [3.05, 3.63) is 33.5 Å². The van der Waals surface area contributed by atoms with Crippen LogP contribution in [0.5, 0.6) is 0 Å². The number of aliphatic hydroxyl groups is 2. The summed E-state index contributed by atoms with van der Waals surface area (Å²) < 4.78 is 36.4. The molecule has 3 aromatic heterocycles. The summed E-state index contributed by atoms with van der Waals surface area (Å²) in [5.74, 6) is -0.481. The summed E-state index contributed by atoms with van der Waals surface area (Å²) in [4.78, 5) is 52.0. The van der Waals surface area contributed by atoms with Crippen molar-refractivity contribution >= 4 is 54.1 Å². The van der Waals surface area contributed by atoms with Crippen LogP contribution in [0.3, 0.4) is 0 Å². The first kappa shape index (κ1) is 28.8. The van der Waals surface area contributed by atoms with Crippen LogP contribution in [0.1, 0.15) is 12.5 Å². The van der Waals surface area contributed by atoms with Crippen molar-refractivity contribution in [2.24, 2.45) is 0 Å². The molecule has 2 fully saturated rings. The van der Waals surface area contributed by atoms with Gasteiger partial charge in [0.2, 0.25) is 11.9 Å². The van der Waals surface area contributed by atoms with Gasteiger partial charge in [0.05, 0.1) is 19.5 Å². The molecule has 19 nitrogen and oxygen atoms in total. The summed E-state index contributed by atoms with van der Waals surface area (Å²) in [7, 11) is -4.94. The molecular weight excluding hydrogens is 604 g/mol. The molecule has 0 spiro atoms. The summed E-state index contributed by atoms with van der Waals surface area (Å²) in [6.45, 7) is -1.38. The average molecular weight is 626 g/mol. The minimum Gasteiger partial charge on any atom is -0.394 e. The lowest BCUT2D eigenvalue weighted by molar-refractivity contribution is -0.0565. The Morgan fingerprint density at radius 1 is 1.07 bits per heavy atom. The number of nitrogens with one attached hydrogen (secondary N) is 1. The minimum atomic E-state index is -4.94. The number of rotatable bonds is 8. The quantitative estimate of drug-likeness (QED) is 0.114. The van der Waals surface area contributed by atoms with E-state index in [0.717, 1.165) is 10.9 Å². The fourth-order valence-electron chi connectivity index (χ4n) is 4.27. The zero-order valence-corrected chi connectivity index (χ0v) is 22.3. The number of hydrogen-bond acceptors (Lipinski definition) is 15. The first-order chi connectivity index (χ1) is 18.9. The first-order valence-electron chi connectivity index (χ1n) is 11.4. The molecule has 0 amide bonds. The number of alkyl halides is 2. The van der Waals surface area contributed by atoms with Crippen molar-refractivity contribution < 1.29 is 38.2 Å². The zero-order chi connectivity index (χ0) is 28.9. The molecule has 40 heavy (non-hydrogen) atoms. The van der Waals surface area contributed by atoms with E-state index >= 15 is 0 Å². The van der Waals surface area contributed by atoms with Crippen LogP contribution < -0.4 is 22.7 Å². The number of hydrogen-bond donors (Lipinski definition) is 6. The number of fused-ring (bicyclic) bond motifs is 1. The van der Waals surface area contributed by atoms with Crippen molar-refractivity contribution in [1.29, 1.82) is 0 Å². The number of nitrogens with two attached hydrogens (primary N) is 2. The van der Waals surface area contributed by atoms with Crippen LogP contribution in [-0.2, 0) is 23.1 Å². The number of imidazole rings is 1. The lowest BCUT2D eigenvalue weighted by Crippen LogP contribution is -2.35. The standard InChI is InChI=1S/C18H22Cl2N9O10P/c19-7-10(31)6(38-14(7)28-3-23-9-12(28)25-17(22)26-13(9)32)2-36-40(34,35)39-11-5(1-30)37-15(8(11)20)29-4-24-16(21)27-18(29)33/h3-8,10-11,14-15,30-31H,1-2H2,(H,34,35)(H2,21,27,33)(H3,22,25,26,32)/t5-,6-,7?,8?,10?,11+,14-,15-/m1/s1. The molecule has 8 N–H and O–H groups in total. The molecular formula is C18H22Cl2N9O10P. The maximum absolute atomic E-state index is 12.8. The fraction of sp³-hybridized carbons (Fsp3) is 0.556. The highest BCUT2D eigenvalue weighted by atomic mass is 35.5. The topological polar surface area (TPSA) is 278 Å². The largest absolute Gasteiger partial charge is 0.472 e. The third kappa shape index (κ3) is 5.32. The Labute approximate surface area is 232 Å². The van der Waals surface area contributed by atoms with Gasteiger partial charge in [0, 0.05) is 0 Å². The number of aromatic amines is 1. The number of aromatic nitrogens is 7. The minimum absolute atomic E-state index is 0.0337. The van der Waals surface area contributed by atoms with E-state index in [4.69, 9.17) is 53.2 Å². The van der Waals surface area contributed by atoms with E-state index in [9.17, 15) is 29.3 Å². The highest BCUT2D eigenvalue weighted by Gasteiger charge is 2.50. The number of nitrogen functional groups attached to an aromatic ring is 2. The van der Waals surface area contributed by atoms with Crippen molar-refractivity contribution in [2.45, 2.75) is 47.6 Å². The monoisotopic (exact) mass is 625 g/mol. The number of phosphoric ester groups is 1. The Morgan fingerprint density at radius 2 is 1.75 bits per heavy atom. The number of halogens is 2. The molecule has 0 saturated carbocycles. The number of anilines is 2. The van der Waals surface area contributed by atoms with Crippen LogP contribution in [0.25, 0.3) is 11.2 Å². The van der Waals surface area contributed by atoms with Gasteiger partial charge in [-0.3, -0.25) is 28.0 Å². The van der Waals surface area contributed by atoms with Gasteiger partial charge in [0.25, 0.3) is 5.56 Å². The van der Waals surface area contributed by atoms with Crippen LogP contribution in [-0.4, -0.2) is 97.5 Å². The Kier molecular flexibility index (Phi) is 7.87. The number of ether oxygens (including phenoxy) is 2. The highest BCUT2D eigenvalue weighted by molar-refractivity contribution is 7.47. The molecule has 218 valence electrons. The van der Waals surface area contributed by atoms with E-state index in [1.165, 1.54) is 10.9 Å². The molecule has 0 radical (unpaired) electrons. The molecule has 3 aromatic rings. The predicted octanol–water partition coefficient (Wildman–Crippen LogP) is -2.20. The van der Waals surface area contributed by atoms with Gasteiger partial charge in [-0.05, 0) is 0 Å². The summed E-state index contributed by atoms with van der Waals surface area (Å²) in [5, 5.41) is 17.9. The number of phosphoric acid groups is 1. The molecule has 0 aromatic carbocycles. The summed E-state index contributed by atoms with van der Waals surface area (Å²) in [6, 6.07) is 0. The van der Waals surface area contributed by atoms with Crippen LogP contribution in [0, 0.1) is 0 Å². The number of aliphatic hydroxyl groups excluding tert-OH is 2. The lowest BCUT2D eigenvalue weighted by Gasteiger charge is -2.23. The molecule has 2 aliphatic heterocycles. The smallest absolute Gasteiger partial charge is 0.394 e. The first-order valence-corrected chi connectivity index (χ1v) is 13.7. The Morgan fingerprint density at radius 3 is 2.45 bits per heavy atom. The van der Waals surface area contributed by atoms with E-state index < -0.39 is 79.9 Å². The molecule has 2 aliphatic rings. The molecule has 5 heterocycles. The average Bonchev–Trinajstić information content (AvgIpc) is 3.53. The maximum atomic E-state index is 12.8. The van der Waals surface area contributed by atoms with Crippen LogP contribution >= 0.6 is 31.0 Å². The number of nitrogens with zero attached hydrogens (tertiary/aromatic N) is 6. The van der Waals surface area contributed by atoms with Gasteiger partial charge in [-0.2, -0.15) is 9.97 Å². The molecule has 22 heteroatoms. The van der Waals surface area contributed by atoms with Gasteiger partial charge >= 0.3 is 13.5 Å². The van der Waals surface area contributed by atoms with Crippen LogP contribution in [0.15, 0.2) is 22.2 Å². The normalized spacial score (nSPS) is 32.0. The second-order valence-corrected chi connectivity index (χ2v) is 11.1. The molecule has 5 rings (SSSR count). The Hall–Kier alpha value is -2.71. The molecule has 9 atom stereocenters. The summed E-state index contributed by atoms with van der Waals surface area (Å²) in [6.07, 6.45) is -5.51.